The lowest BCUT2D eigenvalue weighted by atomic mass is 10.0. The maximum absolute atomic E-state index is 14.6. The predicted molar refractivity (Wildman–Crippen MR) is 137 cm³/mol. The van der Waals surface area contributed by atoms with Gasteiger partial charge in [-0.25, -0.2) is 17.6 Å². The highest BCUT2D eigenvalue weighted by atomic mass is 19.1. The van der Waals surface area contributed by atoms with E-state index in [1.54, 1.807) is 32.0 Å². The van der Waals surface area contributed by atoms with Gasteiger partial charge in [-0.15, -0.1) is 0 Å². The number of ether oxygens (including phenoxy) is 1. The zero-order valence-electron chi connectivity index (χ0n) is 21.7. The summed E-state index contributed by atoms with van der Waals surface area (Å²) < 4.78 is 61.2. The Bertz CT molecular complexity index is 1320. The second-order valence-corrected chi connectivity index (χ2v) is 8.93. The zero-order valence-corrected chi connectivity index (χ0v) is 21.7. The molecule has 7 nitrogen and oxygen atoms in total. The number of nitrogens with zero attached hydrogens (tertiary/aromatic N) is 2. The van der Waals surface area contributed by atoms with Crippen LogP contribution in [0.5, 0.6) is 5.75 Å². The molecule has 0 fully saturated rings. The van der Waals surface area contributed by atoms with Gasteiger partial charge in [0.05, 0.1) is 12.6 Å². The number of hydrogen-bond donors (Lipinski definition) is 2. The number of benzene rings is 3. The van der Waals surface area contributed by atoms with E-state index >= 15 is 0 Å². The van der Waals surface area contributed by atoms with Crippen molar-refractivity contribution in [2.45, 2.75) is 26.1 Å². The van der Waals surface area contributed by atoms with E-state index < -0.39 is 47.3 Å². The first-order valence-corrected chi connectivity index (χ1v) is 12.0. The van der Waals surface area contributed by atoms with Crippen LogP contribution in [0.1, 0.15) is 40.0 Å². The van der Waals surface area contributed by atoms with E-state index in [9.17, 15) is 27.2 Å². The lowest BCUT2D eigenvalue weighted by Crippen LogP contribution is -2.27. The molecule has 2 N–H and O–H groups in total. The molecular weight excluding hydrogens is 518 g/mol. The molecule has 0 aliphatic carbocycles. The minimum Gasteiger partial charge on any atom is -0.491 e. The second-order valence-electron chi connectivity index (χ2n) is 8.93. The summed E-state index contributed by atoms with van der Waals surface area (Å²) in [5, 5.41) is 11.4. The molecule has 1 atom stereocenters. The minimum atomic E-state index is -1.12. The van der Waals surface area contributed by atoms with Gasteiger partial charge in [0.25, 0.3) is 5.91 Å². The molecule has 0 bridgehead atoms. The van der Waals surface area contributed by atoms with Crippen molar-refractivity contribution in [2.75, 3.05) is 32.2 Å². The molecule has 39 heavy (non-hydrogen) atoms. The van der Waals surface area contributed by atoms with Crippen molar-refractivity contribution in [3.05, 3.63) is 94.1 Å². The molecule has 0 saturated carbocycles. The molecule has 2 amide bonds. The monoisotopic (exact) mass is 547 g/mol. The molecule has 11 heteroatoms. The summed E-state index contributed by atoms with van der Waals surface area (Å²) in [5.41, 5.74) is 1.10. The molecule has 0 spiro atoms. The fourth-order valence-electron chi connectivity index (χ4n) is 3.96. The topological polar surface area (TPSA) is 82.1 Å². The SMILES string of the molecule is CC(c1ccc(C(=O)NCc2c(F)cc(F)cc2F)cc1N(C)Cc1cc(OCCO)ccc1F)N(C)C=O. The van der Waals surface area contributed by atoms with Crippen LogP contribution >= 0.6 is 0 Å². The summed E-state index contributed by atoms with van der Waals surface area (Å²) in [6, 6.07) is 9.51. The number of anilines is 1. The largest absolute Gasteiger partial charge is 0.491 e. The molecular formula is C28H29F4N3O4. The summed E-state index contributed by atoms with van der Waals surface area (Å²) in [7, 11) is 3.27. The first-order chi connectivity index (χ1) is 18.5. The Morgan fingerprint density at radius 3 is 2.36 bits per heavy atom. The molecule has 3 rings (SSSR count). The van der Waals surface area contributed by atoms with Gasteiger partial charge < -0.3 is 25.0 Å². The van der Waals surface area contributed by atoms with Crippen LogP contribution in [0.4, 0.5) is 23.2 Å². The number of aliphatic hydroxyl groups is 1. The van der Waals surface area contributed by atoms with E-state index in [4.69, 9.17) is 9.84 Å². The zero-order chi connectivity index (χ0) is 28.7. The van der Waals surface area contributed by atoms with Gasteiger partial charge in [-0.1, -0.05) is 6.07 Å². The number of nitrogens with one attached hydrogen (secondary N) is 1. The van der Waals surface area contributed by atoms with Gasteiger partial charge in [0.1, 0.15) is 35.6 Å². The first kappa shape index (κ1) is 29.4. The maximum atomic E-state index is 14.6. The van der Waals surface area contributed by atoms with Crippen LogP contribution in [0.3, 0.4) is 0 Å². The molecule has 1 unspecified atom stereocenters. The Hall–Kier alpha value is -4.12. The Morgan fingerprint density at radius 1 is 1.03 bits per heavy atom. The van der Waals surface area contributed by atoms with Gasteiger partial charge in [-0.05, 0) is 42.8 Å². The quantitative estimate of drug-likeness (QED) is 0.261. The summed E-state index contributed by atoms with van der Waals surface area (Å²) in [6.07, 6.45) is 0.655. The number of hydrogen-bond acceptors (Lipinski definition) is 5. The smallest absolute Gasteiger partial charge is 0.251 e. The average molecular weight is 548 g/mol. The molecule has 0 aliphatic heterocycles. The van der Waals surface area contributed by atoms with Crippen LogP contribution in [0, 0.1) is 23.3 Å². The fraction of sp³-hybridized carbons (Fsp3) is 0.286. The summed E-state index contributed by atoms with van der Waals surface area (Å²) >= 11 is 0. The summed E-state index contributed by atoms with van der Waals surface area (Å²) in [4.78, 5) is 27.4. The number of rotatable bonds is 12. The van der Waals surface area contributed by atoms with E-state index in [0.717, 1.165) is 0 Å². The predicted octanol–water partition coefficient (Wildman–Crippen LogP) is 4.33. The average Bonchev–Trinajstić information content (AvgIpc) is 2.91. The van der Waals surface area contributed by atoms with E-state index in [-0.39, 0.29) is 30.9 Å². The number of carbonyl (C=O) groups is 2. The molecule has 0 aromatic heterocycles. The lowest BCUT2D eigenvalue weighted by molar-refractivity contribution is -0.118. The Morgan fingerprint density at radius 2 is 1.72 bits per heavy atom. The third-order valence-corrected chi connectivity index (χ3v) is 6.25. The Kier molecular flexibility index (Phi) is 9.89. The van der Waals surface area contributed by atoms with Gasteiger partial charge in [0.2, 0.25) is 6.41 Å². The van der Waals surface area contributed by atoms with Crippen LogP contribution in [0.2, 0.25) is 0 Å². The van der Waals surface area contributed by atoms with E-state index in [1.165, 1.54) is 35.2 Å². The fourth-order valence-corrected chi connectivity index (χ4v) is 3.96. The van der Waals surface area contributed by atoms with Gasteiger partial charge in [0.15, 0.2) is 0 Å². The lowest BCUT2D eigenvalue weighted by Gasteiger charge is -2.29. The normalized spacial score (nSPS) is 11.6. The molecule has 0 heterocycles. The van der Waals surface area contributed by atoms with Gasteiger partial charge >= 0.3 is 0 Å². The van der Waals surface area contributed by atoms with E-state index in [0.29, 0.717) is 35.5 Å². The second kappa shape index (κ2) is 13.1. The van der Waals surface area contributed by atoms with Crippen molar-refractivity contribution < 1.29 is 37.0 Å². The Balaban J connectivity index is 1.91. The standard InChI is InChI=1S/C28H29F4N3O4/c1-17(35(3)16-37)22-6-4-18(28(38)33-14-23-25(31)12-20(29)13-26(23)32)11-27(22)34(2)15-19-10-21(39-9-8-36)5-7-24(19)30/h4-7,10-13,16-17,36H,8-9,14-15H2,1-3H3,(H,33,38). The van der Waals surface area contributed by atoms with E-state index in [2.05, 4.69) is 5.32 Å². The number of carbonyl (C=O) groups excluding carboxylic acids is 2. The molecule has 208 valence electrons. The van der Waals surface area contributed by atoms with Crippen LogP contribution < -0.4 is 15.0 Å². The van der Waals surface area contributed by atoms with Crippen LogP contribution in [-0.4, -0.2) is 49.6 Å². The highest BCUT2D eigenvalue weighted by molar-refractivity contribution is 5.95. The molecule has 0 saturated heterocycles. The third-order valence-electron chi connectivity index (χ3n) is 6.25. The van der Waals surface area contributed by atoms with Crippen molar-refractivity contribution in [3.8, 4) is 5.75 Å². The Labute approximate surface area is 223 Å². The van der Waals surface area contributed by atoms with Crippen molar-refractivity contribution >= 4 is 18.0 Å². The van der Waals surface area contributed by atoms with Gasteiger partial charge in [0, 0.05) is 61.7 Å². The van der Waals surface area contributed by atoms with Crippen LogP contribution in [-0.2, 0) is 17.9 Å². The molecule has 0 aliphatic rings. The highest BCUT2D eigenvalue weighted by Gasteiger charge is 2.21. The number of halogens is 4. The third kappa shape index (κ3) is 7.26. The minimum absolute atomic E-state index is 0.0451. The highest BCUT2D eigenvalue weighted by Crippen LogP contribution is 2.31. The summed E-state index contributed by atoms with van der Waals surface area (Å²) in [5.74, 6) is -4.09. The van der Waals surface area contributed by atoms with Crippen LogP contribution in [0.25, 0.3) is 0 Å². The van der Waals surface area contributed by atoms with Crippen molar-refractivity contribution in [1.82, 2.24) is 10.2 Å². The first-order valence-electron chi connectivity index (χ1n) is 12.0. The molecule has 3 aromatic carbocycles. The van der Waals surface area contributed by atoms with Crippen molar-refractivity contribution in [3.63, 3.8) is 0 Å². The number of amides is 2. The summed E-state index contributed by atoms with van der Waals surface area (Å²) in [6.45, 7) is 1.17. The molecule has 3 aromatic rings. The van der Waals surface area contributed by atoms with E-state index in [1.807, 2.05) is 0 Å². The van der Waals surface area contributed by atoms with Crippen molar-refractivity contribution in [2.24, 2.45) is 0 Å². The maximum Gasteiger partial charge on any atom is 0.251 e. The molecule has 0 radical (unpaired) electrons. The van der Waals surface area contributed by atoms with Crippen LogP contribution in [0.15, 0.2) is 48.5 Å². The van der Waals surface area contributed by atoms with Crippen molar-refractivity contribution in [1.29, 1.82) is 0 Å². The van der Waals surface area contributed by atoms with Gasteiger partial charge in [-0.3, -0.25) is 9.59 Å². The number of aliphatic hydroxyl groups excluding tert-OH is 1. The van der Waals surface area contributed by atoms with Gasteiger partial charge in [-0.2, -0.15) is 0 Å².